The predicted octanol–water partition coefficient (Wildman–Crippen LogP) is 4.00. The van der Waals surface area contributed by atoms with Crippen LogP contribution in [0.25, 0.3) is 0 Å². The summed E-state index contributed by atoms with van der Waals surface area (Å²) >= 11 is 6.28. The number of rotatable bonds is 1. The molecule has 3 atom stereocenters. The van der Waals surface area contributed by atoms with E-state index in [4.69, 9.17) is 16.3 Å². The van der Waals surface area contributed by atoms with Gasteiger partial charge in [0.05, 0.1) is 30.4 Å². The molecule has 3 heterocycles. The van der Waals surface area contributed by atoms with Crippen molar-refractivity contribution in [3.63, 3.8) is 0 Å². The van der Waals surface area contributed by atoms with Gasteiger partial charge in [-0.25, -0.2) is 14.2 Å². The second kappa shape index (κ2) is 7.00. The monoisotopic (exact) mass is 424 g/mol. The first kappa shape index (κ1) is 20.2. The quantitative estimate of drug-likeness (QED) is 0.689. The van der Waals surface area contributed by atoms with E-state index >= 15 is 4.39 Å². The number of ether oxygens (including phenoxy) is 1. The molecule has 2 amide bonds. The number of hydrogen-bond donors (Lipinski definition) is 1. The summed E-state index contributed by atoms with van der Waals surface area (Å²) in [5.74, 6) is -0.867. The van der Waals surface area contributed by atoms with Crippen LogP contribution >= 0.6 is 11.6 Å². The van der Waals surface area contributed by atoms with Gasteiger partial charge in [0.25, 0.3) is 5.91 Å². The molecule has 0 bridgehead atoms. The van der Waals surface area contributed by atoms with Crippen LogP contribution in [-0.4, -0.2) is 46.2 Å². The molecular formula is C20H26ClFN4O3. The Bertz CT molecular complexity index is 872. The molecule has 3 aliphatic rings. The lowest BCUT2D eigenvalue weighted by Gasteiger charge is -2.33. The van der Waals surface area contributed by atoms with Gasteiger partial charge in [-0.1, -0.05) is 24.4 Å². The fourth-order valence-electron chi connectivity index (χ4n) is 4.62. The molecule has 1 aromatic heterocycles. The molecule has 1 saturated heterocycles. The van der Waals surface area contributed by atoms with Crippen molar-refractivity contribution in [2.75, 3.05) is 11.6 Å². The smallest absolute Gasteiger partial charge is 0.412 e. The molecule has 1 N–H and O–H groups in total. The molecule has 9 heteroatoms. The highest BCUT2D eigenvalue weighted by Gasteiger charge is 2.47. The average Bonchev–Trinajstić information content (AvgIpc) is 3.15. The van der Waals surface area contributed by atoms with Gasteiger partial charge < -0.3 is 15.0 Å². The predicted molar refractivity (Wildman–Crippen MR) is 107 cm³/mol. The molecule has 2 fully saturated rings. The lowest BCUT2D eigenvalue weighted by Crippen LogP contribution is -2.44. The number of halogens is 2. The lowest BCUT2D eigenvalue weighted by atomic mass is 9.90. The van der Waals surface area contributed by atoms with Crippen LogP contribution in [0.3, 0.4) is 0 Å². The van der Waals surface area contributed by atoms with E-state index in [0.29, 0.717) is 0 Å². The number of pyridine rings is 1. The lowest BCUT2D eigenvalue weighted by molar-refractivity contribution is 0.0200. The van der Waals surface area contributed by atoms with Crippen LogP contribution in [0.4, 0.5) is 15.0 Å². The first-order valence-electron chi connectivity index (χ1n) is 10.0. The van der Waals surface area contributed by atoms with E-state index in [1.807, 2.05) is 25.7 Å². The molecular weight excluding hydrogens is 399 g/mol. The molecule has 29 heavy (non-hydrogen) atoms. The third-order valence-corrected chi connectivity index (χ3v) is 6.09. The Morgan fingerprint density at radius 3 is 2.59 bits per heavy atom. The summed E-state index contributed by atoms with van der Waals surface area (Å²) in [6.07, 6.45) is 3.25. The molecule has 158 valence electrons. The van der Waals surface area contributed by atoms with Crippen molar-refractivity contribution in [3.05, 3.63) is 22.1 Å². The number of aromatic nitrogens is 1. The Kier molecular flexibility index (Phi) is 4.88. The van der Waals surface area contributed by atoms with Crippen molar-refractivity contribution in [1.82, 2.24) is 15.2 Å². The minimum atomic E-state index is -0.615. The first-order chi connectivity index (χ1) is 13.6. The standard InChI is InChI=1S/C20H26ClFN4O3/c1-10-13-14(18(27)23-10)16(21)24-17(15(13)22)25-9-26(19(28)29-20(2,3)4)12-8-6-5-7-11(12)25/h10-12H,5-9H2,1-4H3,(H,23,27)/t10?,11-,12+/m1/s1. The zero-order valence-corrected chi connectivity index (χ0v) is 17.8. The highest BCUT2D eigenvalue weighted by molar-refractivity contribution is 6.33. The molecule has 1 saturated carbocycles. The molecule has 2 aliphatic heterocycles. The van der Waals surface area contributed by atoms with Crippen molar-refractivity contribution in [2.24, 2.45) is 0 Å². The Morgan fingerprint density at radius 1 is 1.28 bits per heavy atom. The fourth-order valence-corrected chi connectivity index (χ4v) is 4.89. The van der Waals surface area contributed by atoms with Gasteiger partial charge in [0.1, 0.15) is 10.8 Å². The summed E-state index contributed by atoms with van der Waals surface area (Å²) in [7, 11) is 0. The second-order valence-corrected chi connectivity index (χ2v) is 9.36. The molecule has 1 aliphatic carbocycles. The van der Waals surface area contributed by atoms with E-state index in [0.717, 1.165) is 25.7 Å². The van der Waals surface area contributed by atoms with E-state index < -0.39 is 29.5 Å². The number of carbonyl (C=O) groups excluding carboxylic acids is 2. The largest absolute Gasteiger partial charge is 0.444 e. The summed E-state index contributed by atoms with van der Waals surface area (Å²) in [5, 5.41) is 2.67. The minimum Gasteiger partial charge on any atom is -0.444 e. The number of fused-ring (bicyclic) bond motifs is 2. The number of amides is 2. The van der Waals surface area contributed by atoms with Crippen molar-refractivity contribution >= 4 is 29.4 Å². The van der Waals surface area contributed by atoms with Gasteiger partial charge in [-0.3, -0.25) is 9.69 Å². The third kappa shape index (κ3) is 3.41. The summed E-state index contributed by atoms with van der Waals surface area (Å²) in [4.78, 5) is 32.6. The van der Waals surface area contributed by atoms with E-state index in [1.165, 1.54) is 0 Å². The average molecular weight is 425 g/mol. The molecule has 7 nitrogen and oxygen atoms in total. The van der Waals surface area contributed by atoms with Crippen LogP contribution in [0.5, 0.6) is 0 Å². The zero-order valence-electron chi connectivity index (χ0n) is 17.1. The van der Waals surface area contributed by atoms with Crippen LogP contribution < -0.4 is 10.2 Å². The van der Waals surface area contributed by atoms with Gasteiger partial charge in [0.2, 0.25) is 0 Å². The Labute approximate surface area is 174 Å². The molecule has 4 rings (SSSR count). The molecule has 0 aromatic carbocycles. The van der Waals surface area contributed by atoms with Crippen LogP contribution in [0.15, 0.2) is 0 Å². The summed E-state index contributed by atoms with van der Waals surface area (Å²) in [5.41, 5.74) is -0.270. The number of nitrogens with one attached hydrogen (secondary N) is 1. The SMILES string of the molecule is CC1NC(=O)c2c(Cl)nc(N3CN(C(=O)OC(C)(C)C)[C@H]4CCCC[C@H]43)c(F)c21. The van der Waals surface area contributed by atoms with Crippen molar-refractivity contribution in [2.45, 2.75) is 77.1 Å². The molecule has 1 unspecified atom stereocenters. The van der Waals surface area contributed by atoms with Crippen LogP contribution in [0, 0.1) is 5.82 Å². The van der Waals surface area contributed by atoms with E-state index in [-0.39, 0.29) is 40.9 Å². The van der Waals surface area contributed by atoms with Gasteiger partial charge in [-0.2, -0.15) is 0 Å². The fraction of sp³-hybridized carbons (Fsp3) is 0.650. The van der Waals surface area contributed by atoms with Crippen molar-refractivity contribution in [1.29, 1.82) is 0 Å². The molecule has 0 radical (unpaired) electrons. The Balaban J connectivity index is 1.72. The topological polar surface area (TPSA) is 74.8 Å². The van der Waals surface area contributed by atoms with Gasteiger partial charge in [0, 0.05) is 5.56 Å². The van der Waals surface area contributed by atoms with Crippen LogP contribution in [0.1, 0.15) is 75.3 Å². The Hall–Kier alpha value is -2.09. The van der Waals surface area contributed by atoms with Gasteiger partial charge >= 0.3 is 6.09 Å². The zero-order chi connectivity index (χ0) is 21.1. The minimum absolute atomic E-state index is 0.0127. The molecule has 0 spiro atoms. The first-order valence-corrected chi connectivity index (χ1v) is 10.4. The van der Waals surface area contributed by atoms with Gasteiger partial charge in [-0.15, -0.1) is 0 Å². The Morgan fingerprint density at radius 2 is 1.93 bits per heavy atom. The summed E-state index contributed by atoms with van der Waals surface area (Å²) in [6, 6.07) is -0.611. The highest BCUT2D eigenvalue weighted by atomic mass is 35.5. The second-order valence-electron chi connectivity index (χ2n) is 9.00. The maximum absolute atomic E-state index is 15.5. The summed E-state index contributed by atoms with van der Waals surface area (Å²) < 4.78 is 21.1. The van der Waals surface area contributed by atoms with E-state index in [1.54, 1.807) is 11.8 Å². The van der Waals surface area contributed by atoms with Crippen molar-refractivity contribution in [3.8, 4) is 0 Å². The van der Waals surface area contributed by atoms with Crippen molar-refractivity contribution < 1.29 is 18.7 Å². The van der Waals surface area contributed by atoms with Crippen LogP contribution in [0.2, 0.25) is 5.15 Å². The maximum Gasteiger partial charge on any atom is 0.412 e. The number of anilines is 1. The van der Waals surface area contributed by atoms with Crippen LogP contribution in [-0.2, 0) is 4.74 Å². The van der Waals surface area contributed by atoms with Gasteiger partial charge in [0.15, 0.2) is 11.6 Å². The summed E-state index contributed by atoms with van der Waals surface area (Å²) in [6.45, 7) is 7.37. The number of hydrogen-bond acceptors (Lipinski definition) is 5. The maximum atomic E-state index is 15.5. The van der Waals surface area contributed by atoms with Gasteiger partial charge in [-0.05, 0) is 40.5 Å². The highest BCUT2D eigenvalue weighted by Crippen LogP contribution is 2.41. The normalized spacial score (nSPS) is 26.3. The van der Waals surface area contributed by atoms with E-state index in [2.05, 4.69) is 10.3 Å². The number of carbonyl (C=O) groups is 2. The number of nitrogens with zero attached hydrogens (tertiary/aromatic N) is 3. The molecule has 1 aromatic rings. The van der Waals surface area contributed by atoms with E-state index in [9.17, 15) is 9.59 Å². The third-order valence-electron chi connectivity index (χ3n) is 5.82.